The summed E-state index contributed by atoms with van der Waals surface area (Å²) in [7, 11) is -1.60. The number of phenolic OH excluding ortho intramolecular Hbond substituents is 1. The Hall–Kier alpha value is -2.55. The lowest BCUT2D eigenvalue weighted by Crippen LogP contribution is -2.26. The van der Waals surface area contributed by atoms with Crippen molar-refractivity contribution in [3.8, 4) is 11.5 Å². The Morgan fingerprint density at radius 1 is 1.37 bits per heavy atom. The zero-order valence-electron chi connectivity index (χ0n) is 15.1. The molecular weight excluding hydrogens is 370 g/mol. The maximum atomic E-state index is 12.4. The van der Waals surface area contributed by atoms with Crippen LogP contribution in [-0.4, -0.2) is 47.8 Å². The number of phenols is 1. The van der Waals surface area contributed by atoms with Gasteiger partial charge in [-0.15, -0.1) is 0 Å². The molecule has 9 heteroatoms. The van der Waals surface area contributed by atoms with E-state index in [2.05, 4.69) is 10.4 Å². The predicted octanol–water partition coefficient (Wildman–Crippen LogP) is 1.74. The molecule has 8 nitrogen and oxygen atoms in total. The zero-order valence-corrected chi connectivity index (χ0v) is 15.9. The molecule has 1 aromatic carbocycles. The van der Waals surface area contributed by atoms with Crippen LogP contribution in [0.5, 0.6) is 11.5 Å². The van der Waals surface area contributed by atoms with Gasteiger partial charge in [-0.25, -0.2) is 13.1 Å². The molecule has 144 valence electrons. The van der Waals surface area contributed by atoms with Crippen LogP contribution in [0.4, 0.5) is 5.82 Å². The van der Waals surface area contributed by atoms with E-state index in [4.69, 9.17) is 4.74 Å². The van der Waals surface area contributed by atoms with Crippen LogP contribution >= 0.6 is 0 Å². The van der Waals surface area contributed by atoms with E-state index < -0.39 is 9.84 Å². The molecule has 27 heavy (non-hydrogen) atoms. The number of ether oxygens (including phenoxy) is 1. The normalized spacial score (nSPS) is 23.7. The second-order valence-electron chi connectivity index (χ2n) is 7.09. The van der Waals surface area contributed by atoms with Crippen molar-refractivity contribution in [3.63, 3.8) is 0 Å². The van der Waals surface area contributed by atoms with Gasteiger partial charge in [-0.2, -0.15) is 5.10 Å². The van der Waals surface area contributed by atoms with Crippen molar-refractivity contribution < 1.29 is 23.1 Å². The largest absolute Gasteiger partial charge is 0.504 e. The molecule has 1 fully saturated rings. The highest BCUT2D eigenvalue weighted by Gasteiger charge is 2.37. The van der Waals surface area contributed by atoms with E-state index in [1.807, 2.05) is 13.0 Å². The number of nitrogens with one attached hydrogen (secondary N) is 1. The van der Waals surface area contributed by atoms with Crippen LogP contribution in [-0.2, 0) is 14.6 Å². The van der Waals surface area contributed by atoms with Crippen molar-refractivity contribution in [2.75, 3.05) is 23.9 Å². The molecule has 1 amide bonds. The highest BCUT2D eigenvalue weighted by molar-refractivity contribution is 7.91. The maximum Gasteiger partial charge on any atom is 0.226 e. The summed E-state index contributed by atoms with van der Waals surface area (Å²) in [4.78, 5) is 12.4. The average Bonchev–Trinajstić information content (AvgIpc) is 3.13. The summed E-state index contributed by atoms with van der Waals surface area (Å²) in [5.41, 5.74) is 2.39. The van der Waals surface area contributed by atoms with Crippen LogP contribution in [0.15, 0.2) is 18.2 Å². The number of aromatic hydroxyl groups is 1. The van der Waals surface area contributed by atoms with Gasteiger partial charge in [0.15, 0.2) is 21.3 Å². The first kappa shape index (κ1) is 17.8. The Kier molecular flexibility index (Phi) is 4.14. The van der Waals surface area contributed by atoms with Crippen molar-refractivity contribution >= 4 is 21.6 Å². The third-order valence-corrected chi connectivity index (χ3v) is 7.04. The van der Waals surface area contributed by atoms with Crippen LogP contribution < -0.4 is 10.1 Å². The van der Waals surface area contributed by atoms with Gasteiger partial charge < -0.3 is 15.2 Å². The van der Waals surface area contributed by atoms with E-state index in [1.165, 1.54) is 7.11 Å². The van der Waals surface area contributed by atoms with Crippen LogP contribution in [0.1, 0.15) is 41.6 Å². The molecule has 2 aliphatic heterocycles. The molecule has 2 N–H and O–H groups in total. The van der Waals surface area contributed by atoms with Gasteiger partial charge in [-0.3, -0.25) is 4.79 Å². The summed E-state index contributed by atoms with van der Waals surface area (Å²) in [5.74, 6) is 0.671. The molecule has 1 saturated heterocycles. The fourth-order valence-electron chi connectivity index (χ4n) is 4.01. The van der Waals surface area contributed by atoms with E-state index in [1.54, 1.807) is 16.8 Å². The molecule has 0 bridgehead atoms. The monoisotopic (exact) mass is 391 g/mol. The number of benzene rings is 1. The van der Waals surface area contributed by atoms with Gasteiger partial charge in [-0.05, 0) is 31.0 Å². The smallest absolute Gasteiger partial charge is 0.226 e. The summed E-state index contributed by atoms with van der Waals surface area (Å²) in [5, 5.41) is 17.6. The third kappa shape index (κ3) is 3.05. The number of fused-ring (bicyclic) bond motifs is 1. The summed E-state index contributed by atoms with van der Waals surface area (Å²) in [6, 6.07) is 4.81. The number of sulfone groups is 1. The lowest BCUT2D eigenvalue weighted by molar-refractivity contribution is -0.116. The molecular formula is C18H21N3O5S. The molecule has 2 aliphatic rings. The van der Waals surface area contributed by atoms with Crippen LogP contribution in [0.3, 0.4) is 0 Å². The van der Waals surface area contributed by atoms with Crippen LogP contribution in [0.2, 0.25) is 0 Å². The number of nitrogens with zero attached hydrogens (tertiary/aromatic N) is 2. The van der Waals surface area contributed by atoms with Gasteiger partial charge in [0.2, 0.25) is 5.91 Å². The molecule has 1 aromatic heterocycles. The van der Waals surface area contributed by atoms with Gasteiger partial charge in [0, 0.05) is 17.9 Å². The number of hydrogen-bond donors (Lipinski definition) is 2. The summed E-state index contributed by atoms with van der Waals surface area (Å²) < 4.78 is 30.5. The van der Waals surface area contributed by atoms with E-state index >= 15 is 0 Å². The fourth-order valence-corrected chi connectivity index (χ4v) is 5.71. The quantitative estimate of drug-likeness (QED) is 0.825. The summed E-state index contributed by atoms with van der Waals surface area (Å²) in [6.07, 6.45) is 0.716. The van der Waals surface area contributed by atoms with E-state index in [-0.39, 0.29) is 41.5 Å². The first-order valence-electron chi connectivity index (χ1n) is 8.75. The lowest BCUT2D eigenvalue weighted by Gasteiger charge is -2.25. The first-order valence-corrected chi connectivity index (χ1v) is 10.6. The van der Waals surface area contributed by atoms with Crippen molar-refractivity contribution in [2.45, 2.75) is 31.7 Å². The first-order chi connectivity index (χ1) is 12.8. The van der Waals surface area contributed by atoms with E-state index in [0.717, 1.165) is 16.8 Å². The highest BCUT2D eigenvalue weighted by atomic mass is 32.2. The molecule has 2 atom stereocenters. The molecule has 2 aromatic rings. The van der Waals surface area contributed by atoms with Gasteiger partial charge in [0.1, 0.15) is 5.82 Å². The second-order valence-corrected chi connectivity index (χ2v) is 9.31. The number of rotatable bonds is 3. The Balaban J connectivity index is 1.79. The van der Waals surface area contributed by atoms with Gasteiger partial charge in [0.25, 0.3) is 0 Å². The number of carbonyl (C=O) groups excluding carboxylic acids is 1. The Bertz CT molecular complexity index is 1030. The lowest BCUT2D eigenvalue weighted by atomic mass is 9.85. The minimum Gasteiger partial charge on any atom is -0.504 e. The maximum absolute atomic E-state index is 12.4. The SMILES string of the molecule is COc1ccc([C@H]2CC(=O)Nc3c2c(C)nn3[C@@H]2CCS(=O)(=O)C2)cc1O. The number of carbonyl (C=O) groups is 1. The number of aryl methyl sites for hydroxylation is 1. The van der Waals surface area contributed by atoms with Gasteiger partial charge in [-0.1, -0.05) is 6.07 Å². The molecule has 4 rings (SSSR count). The Morgan fingerprint density at radius 3 is 2.78 bits per heavy atom. The number of methoxy groups -OCH3 is 1. The number of aromatic nitrogens is 2. The average molecular weight is 391 g/mol. The van der Waals surface area contributed by atoms with E-state index in [9.17, 15) is 18.3 Å². The van der Waals surface area contributed by atoms with Crippen LogP contribution in [0.25, 0.3) is 0 Å². The Labute approximate surface area is 157 Å². The molecule has 0 saturated carbocycles. The Morgan fingerprint density at radius 2 is 2.15 bits per heavy atom. The summed E-state index contributed by atoms with van der Waals surface area (Å²) in [6.45, 7) is 1.85. The molecule has 0 aliphatic carbocycles. The minimum atomic E-state index is -3.07. The molecule has 0 radical (unpaired) electrons. The highest BCUT2D eigenvalue weighted by Crippen LogP contribution is 2.43. The standard InChI is InChI=1S/C18H21N3O5S/c1-10-17-13(11-3-4-15(26-2)14(22)7-11)8-16(23)19-18(17)21(20-10)12-5-6-27(24,25)9-12/h3-4,7,12-13,22H,5-6,8-9H2,1-2H3,(H,19,23)/t12-,13-/m1/s1. The summed E-state index contributed by atoms with van der Waals surface area (Å²) >= 11 is 0. The second kappa shape index (κ2) is 6.26. The topological polar surface area (TPSA) is 111 Å². The van der Waals surface area contributed by atoms with Gasteiger partial charge >= 0.3 is 0 Å². The number of amides is 1. The minimum absolute atomic E-state index is 0.00876. The van der Waals surface area contributed by atoms with Crippen molar-refractivity contribution in [3.05, 3.63) is 35.0 Å². The molecule has 0 spiro atoms. The number of hydrogen-bond acceptors (Lipinski definition) is 6. The van der Waals surface area contributed by atoms with E-state index in [0.29, 0.717) is 18.0 Å². The zero-order chi connectivity index (χ0) is 19.3. The molecule has 3 heterocycles. The van der Waals surface area contributed by atoms with Crippen molar-refractivity contribution in [1.29, 1.82) is 0 Å². The fraction of sp³-hybridized carbons (Fsp3) is 0.444. The van der Waals surface area contributed by atoms with Crippen molar-refractivity contribution in [1.82, 2.24) is 9.78 Å². The van der Waals surface area contributed by atoms with Crippen LogP contribution in [0, 0.1) is 6.92 Å². The number of anilines is 1. The van der Waals surface area contributed by atoms with Crippen molar-refractivity contribution in [2.24, 2.45) is 0 Å². The molecule has 0 unspecified atom stereocenters. The third-order valence-electron chi connectivity index (χ3n) is 5.29. The predicted molar refractivity (Wildman–Crippen MR) is 99.0 cm³/mol. The van der Waals surface area contributed by atoms with Gasteiger partial charge in [0.05, 0.1) is 30.4 Å².